The summed E-state index contributed by atoms with van der Waals surface area (Å²) in [6.45, 7) is 4.05. The first kappa shape index (κ1) is 23.5. The summed E-state index contributed by atoms with van der Waals surface area (Å²) in [7, 11) is 1.94. The Hall–Kier alpha value is -3.69. The van der Waals surface area contributed by atoms with Gasteiger partial charge in [-0.15, -0.1) is 0 Å². The number of hydrogen-bond donors (Lipinski definition) is 0. The van der Waals surface area contributed by atoms with E-state index >= 15 is 0 Å². The fourth-order valence-electron chi connectivity index (χ4n) is 3.56. The van der Waals surface area contributed by atoms with E-state index in [2.05, 4.69) is 24.0 Å². The van der Waals surface area contributed by atoms with Gasteiger partial charge in [-0.3, -0.25) is 9.10 Å². The fraction of sp³-hybridized carbons (Fsp3) is 0.214. The monoisotopic (exact) mass is 470 g/mol. The molecule has 0 bridgehead atoms. The number of rotatable bonds is 5. The van der Waals surface area contributed by atoms with Crippen LogP contribution in [0.3, 0.4) is 0 Å². The predicted octanol–water partition coefficient (Wildman–Crippen LogP) is 5.50. The zero-order valence-corrected chi connectivity index (χ0v) is 20.3. The van der Waals surface area contributed by atoms with Crippen molar-refractivity contribution < 1.29 is 14.3 Å². The Balaban J connectivity index is 1.47. The minimum absolute atomic E-state index is 0.0619. The van der Waals surface area contributed by atoms with Gasteiger partial charge in [0.2, 0.25) is 0 Å². The Morgan fingerprint density at radius 3 is 2.44 bits per heavy atom. The first-order valence-electron chi connectivity index (χ1n) is 11.1. The van der Waals surface area contributed by atoms with E-state index in [1.165, 1.54) is 12.1 Å². The quantitative estimate of drug-likeness (QED) is 0.280. The number of hydrogen-bond acceptors (Lipinski definition) is 5. The first-order chi connectivity index (χ1) is 16.4. The average molecular weight is 471 g/mol. The molecule has 0 spiro atoms. The fourth-order valence-corrected chi connectivity index (χ4v) is 4.48. The molecule has 1 aliphatic heterocycles. The second-order valence-electron chi connectivity index (χ2n) is 8.27. The highest BCUT2D eigenvalue weighted by atomic mass is 32.2. The maximum Gasteiger partial charge on any atom is 0.338 e. The van der Waals surface area contributed by atoms with Gasteiger partial charge in [-0.05, 0) is 55.3 Å². The summed E-state index contributed by atoms with van der Waals surface area (Å²) in [5.41, 5.74) is 4.90. The van der Waals surface area contributed by atoms with E-state index in [9.17, 15) is 9.59 Å². The van der Waals surface area contributed by atoms with Crippen LogP contribution in [0.4, 0.5) is 5.69 Å². The van der Waals surface area contributed by atoms with Gasteiger partial charge in [0.05, 0.1) is 41.6 Å². The highest BCUT2D eigenvalue weighted by molar-refractivity contribution is 7.99. The van der Waals surface area contributed by atoms with Crippen LogP contribution in [0.5, 0.6) is 0 Å². The van der Waals surface area contributed by atoms with Crippen LogP contribution in [-0.4, -0.2) is 29.3 Å². The molecule has 1 amide bonds. The van der Waals surface area contributed by atoms with Crippen LogP contribution in [-0.2, 0) is 17.7 Å². The summed E-state index contributed by atoms with van der Waals surface area (Å²) in [4.78, 5) is 25.3. The molecule has 0 aliphatic carbocycles. The molecule has 172 valence electrons. The van der Waals surface area contributed by atoms with Gasteiger partial charge in [0.25, 0.3) is 5.91 Å². The molecule has 1 heterocycles. The van der Waals surface area contributed by atoms with Crippen molar-refractivity contribution in [2.75, 3.05) is 11.4 Å². The lowest BCUT2D eigenvalue weighted by atomic mass is 10.1. The van der Waals surface area contributed by atoms with Crippen LogP contribution >= 0.6 is 12.1 Å². The van der Waals surface area contributed by atoms with Gasteiger partial charge in [0.1, 0.15) is 0 Å². The van der Waals surface area contributed by atoms with Crippen molar-refractivity contribution >= 4 is 29.7 Å². The maximum atomic E-state index is 13.3. The Morgan fingerprint density at radius 1 is 1.00 bits per heavy atom. The number of nitrogens with zero attached hydrogens (tertiary/aromatic N) is 2. The lowest BCUT2D eigenvalue weighted by Gasteiger charge is -2.33. The van der Waals surface area contributed by atoms with Crippen molar-refractivity contribution in [1.29, 1.82) is 0 Å². The van der Waals surface area contributed by atoms with E-state index in [1.54, 1.807) is 16.4 Å². The minimum atomic E-state index is -0.348. The second kappa shape index (κ2) is 10.5. The summed E-state index contributed by atoms with van der Waals surface area (Å²) in [5.74, 6) is 5.97. The van der Waals surface area contributed by atoms with Gasteiger partial charge >= 0.3 is 5.97 Å². The van der Waals surface area contributed by atoms with Crippen LogP contribution in [0.1, 0.15) is 51.3 Å². The molecule has 1 aliphatic rings. The third-order valence-electron chi connectivity index (χ3n) is 5.24. The van der Waals surface area contributed by atoms with Crippen LogP contribution in [0, 0.1) is 11.8 Å². The van der Waals surface area contributed by atoms with E-state index < -0.39 is 0 Å². The third kappa shape index (κ3) is 5.62. The Kier molecular flexibility index (Phi) is 7.24. The molecule has 4 rings (SSSR count). The largest absolute Gasteiger partial charge is 0.459 e. The van der Waals surface area contributed by atoms with Crippen molar-refractivity contribution in [2.24, 2.45) is 0 Å². The minimum Gasteiger partial charge on any atom is -0.459 e. The Bertz CT molecular complexity index is 1240. The van der Waals surface area contributed by atoms with Crippen LogP contribution in [0.15, 0.2) is 72.8 Å². The average Bonchev–Trinajstić information content (AvgIpc) is 2.83. The standard InChI is InChI=1S/C28H26N2O3S/c1-20(2)33-28(32)24-15-12-23(13-16-24)19-30-27(31)25-18-22(14-17-26(25)29(3)34-30)11-7-10-21-8-5-4-6-9-21/h4-6,8-9,12-18,20H,10,19H2,1-3H3. The smallest absolute Gasteiger partial charge is 0.338 e. The summed E-state index contributed by atoms with van der Waals surface area (Å²) in [5, 5.41) is 0. The van der Waals surface area contributed by atoms with Crippen molar-refractivity contribution in [3.63, 3.8) is 0 Å². The number of carbonyl (C=O) groups is 2. The van der Waals surface area contributed by atoms with E-state index in [4.69, 9.17) is 4.74 Å². The van der Waals surface area contributed by atoms with Crippen molar-refractivity contribution in [3.05, 3.63) is 101 Å². The number of ether oxygens (including phenoxy) is 1. The molecule has 0 N–H and O–H groups in total. The first-order valence-corrected chi connectivity index (χ1v) is 11.8. The molecular weight excluding hydrogens is 444 g/mol. The molecule has 0 saturated heterocycles. The van der Waals surface area contributed by atoms with Crippen molar-refractivity contribution in [1.82, 2.24) is 4.31 Å². The molecule has 3 aromatic carbocycles. The molecule has 3 aromatic rings. The number of amides is 1. The molecule has 34 heavy (non-hydrogen) atoms. The number of fused-ring (bicyclic) bond motifs is 1. The predicted molar refractivity (Wildman–Crippen MR) is 136 cm³/mol. The maximum absolute atomic E-state index is 13.3. The van der Waals surface area contributed by atoms with Gasteiger partial charge in [0, 0.05) is 19.0 Å². The van der Waals surface area contributed by atoms with Crippen LogP contribution < -0.4 is 4.31 Å². The van der Waals surface area contributed by atoms with Crippen LogP contribution in [0.25, 0.3) is 0 Å². The van der Waals surface area contributed by atoms with Gasteiger partial charge in [-0.1, -0.05) is 54.3 Å². The van der Waals surface area contributed by atoms with E-state index in [1.807, 2.05) is 73.7 Å². The second-order valence-corrected chi connectivity index (χ2v) is 9.42. The number of benzene rings is 3. The van der Waals surface area contributed by atoms with E-state index in [-0.39, 0.29) is 18.0 Å². The molecule has 0 fully saturated rings. The van der Waals surface area contributed by atoms with Gasteiger partial charge in [-0.25, -0.2) is 4.79 Å². The van der Waals surface area contributed by atoms with Gasteiger partial charge in [-0.2, -0.15) is 0 Å². The normalized spacial score (nSPS) is 12.8. The molecule has 0 atom stereocenters. The molecule has 0 unspecified atom stereocenters. The highest BCUT2D eigenvalue weighted by Crippen LogP contribution is 2.36. The van der Waals surface area contributed by atoms with E-state index in [0.29, 0.717) is 24.1 Å². The zero-order chi connectivity index (χ0) is 24.1. The summed E-state index contributed by atoms with van der Waals surface area (Å²) in [6, 6.07) is 23.0. The van der Waals surface area contributed by atoms with Crippen LogP contribution in [0.2, 0.25) is 0 Å². The third-order valence-corrected chi connectivity index (χ3v) is 6.17. The van der Waals surface area contributed by atoms with E-state index in [0.717, 1.165) is 22.4 Å². The summed E-state index contributed by atoms with van der Waals surface area (Å²) < 4.78 is 8.93. The SMILES string of the molecule is CC(C)OC(=O)c1ccc(CN2SN(C)c3ccc(C#CCc4ccccc4)cc3C2=O)cc1. The number of carbonyl (C=O) groups excluding carboxylic acids is 2. The molecule has 5 nitrogen and oxygen atoms in total. The molecular formula is C28H26N2O3S. The van der Waals surface area contributed by atoms with Gasteiger partial charge < -0.3 is 9.04 Å². The number of esters is 1. The van der Waals surface area contributed by atoms with Crippen molar-refractivity contribution in [2.45, 2.75) is 32.9 Å². The topological polar surface area (TPSA) is 49.9 Å². The number of anilines is 1. The molecule has 6 heteroatoms. The van der Waals surface area contributed by atoms with Crippen molar-refractivity contribution in [3.8, 4) is 11.8 Å². The molecule has 0 radical (unpaired) electrons. The molecule has 0 saturated carbocycles. The summed E-state index contributed by atoms with van der Waals surface area (Å²) >= 11 is 1.36. The molecule has 0 aromatic heterocycles. The Morgan fingerprint density at radius 2 is 1.74 bits per heavy atom. The van der Waals surface area contributed by atoms with Gasteiger partial charge in [0.15, 0.2) is 0 Å². The lowest BCUT2D eigenvalue weighted by molar-refractivity contribution is 0.0377. The summed E-state index contributed by atoms with van der Waals surface area (Å²) in [6.07, 6.45) is 0.493. The zero-order valence-electron chi connectivity index (χ0n) is 19.4. The Labute approximate surface area is 205 Å². The lowest BCUT2D eigenvalue weighted by Crippen LogP contribution is -2.34. The highest BCUT2D eigenvalue weighted by Gasteiger charge is 2.29.